The van der Waals surface area contributed by atoms with E-state index in [1.807, 2.05) is 26.0 Å². The molecule has 1 aromatic heterocycles. The third kappa shape index (κ3) is 2.01. The van der Waals surface area contributed by atoms with Gasteiger partial charge in [-0.2, -0.15) is 0 Å². The standard InChI is InChI=1S/C14H15NO3/c1-8-4-9(2)14-11(5-8)12(10(3)16)6-15(14)7-13(17)18/h4-6H,7H2,1-3H3,(H,17,18). The van der Waals surface area contributed by atoms with Crippen LogP contribution in [0.3, 0.4) is 0 Å². The Morgan fingerprint density at radius 1 is 1.28 bits per heavy atom. The monoisotopic (exact) mass is 245 g/mol. The van der Waals surface area contributed by atoms with Gasteiger partial charge in [-0.3, -0.25) is 9.59 Å². The maximum atomic E-state index is 11.6. The molecule has 1 heterocycles. The third-order valence-corrected chi connectivity index (χ3v) is 2.99. The highest BCUT2D eigenvalue weighted by molar-refractivity contribution is 6.08. The third-order valence-electron chi connectivity index (χ3n) is 2.99. The molecule has 0 amide bonds. The van der Waals surface area contributed by atoms with Gasteiger partial charge in [0.25, 0.3) is 0 Å². The zero-order valence-electron chi connectivity index (χ0n) is 10.7. The molecule has 2 rings (SSSR count). The number of carbonyl (C=O) groups excluding carboxylic acids is 1. The zero-order chi connectivity index (χ0) is 13.4. The number of hydrogen-bond acceptors (Lipinski definition) is 2. The fourth-order valence-electron chi connectivity index (χ4n) is 2.39. The normalized spacial score (nSPS) is 10.8. The number of aryl methyl sites for hydroxylation is 2. The number of aromatic nitrogens is 1. The van der Waals surface area contributed by atoms with Crippen LogP contribution in [0, 0.1) is 13.8 Å². The number of benzene rings is 1. The van der Waals surface area contributed by atoms with Gasteiger partial charge in [0.2, 0.25) is 0 Å². The molecule has 94 valence electrons. The van der Waals surface area contributed by atoms with Crippen molar-refractivity contribution in [2.45, 2.75) is 27.3 Å². The van der Waals surface area contributed by atoms with Crippen molar-refractivity contribution in [2.75, 3.05) is 0 Å². The van der Waals surface area contributed by atoms with Crippen molar-refractivity contribution in [2.24, 2.45) is 0 Å². The first-order valence-corrected chi connectivity index (χ1v) is 5.73. The van der Waals surface area contributed by atoms with E-state index in [0.29, 0.717) is 5.56 Å². The van der Waals surface area contributed by atoms with Crippen LogP contribution in [0.5, 0.6) is 0 Å². The number of carboxylic acid groups (broad SMARTS) is 1. The minimum atomic E-state index is -0.915. The molecule has 0 fully saturated rings. The first-order chi connectivity index (χ1) is 8.40. The average Bonchev–Trinajstić information content (AvgIpc) is 2.55. The smallest absolute Gasteiger partial charge is 0.323 e. The number of carboxylic acids is 1. The summed E-state index contributed by atoms with van der Waals surface area (Å²) >= 11 is 0. The van der Waals surface area contributed by atoms with E-state index in [-0.39, 0.29) is 12.3 Å². The van der Waals surface area contributed by atoms with E-state index >= 15 is 0 Å². The maximum Gasteiger partial charge on any atom is 0.323 e. The van der Waals surface area contributed by atoms with Crippen LogP contribution in [-0.2, 0) is 11.3 Å². The van der Waals surface area contributed by atoms with Crippen molar-refractivity contribution in [3.8, 4) is 0 Å². The van der Waals surface area contributed by atoms with E-state index in [0.717, 1.165) is 22.0 Å². The lowest BCUT2D eigenvalue weighted by atomic mass is 10.0. The molecule has 1 N–H and O–H groups in total. The summed E-state index contributed by atoms with van der Waals surface area (Å²) in [6.07, 6.45) is 1.63. The number of ketones is 1. The summed E-state index contributed by atoms with van der Waals surface area (Å²) < 4.78 is 1.63. The Morgan fingerprint density at radius 3 is 2.50 bits per heavy atom. The molecule has 0 saturated carbocycles. The zero-order valence-corrected chi connectivity index (χ0v) is 10.7. The van der Waals surface area contributed by atoms with E-state index in [4.69, 9.17) is 5.11 Å². The van der Waals surface area contributed by atoms with Crippen molar-refractivity contribution in [1.29, 1.82) is 0 Å². The Bertz CT molecular complexity index is 653. The van der Waals surface area contributed by atoms with Gasteiger partial charge >= 0.3 is 5.97 Å². The van der Waals surface area contributed by atoms with Crippen molar-refractivity contribution < 1.29 is 14.7 Å². The van der Waals surface area contributed by atoms with E-state index in [2.05, 4.69) is 0 Å². The molecule has 4 nitrogen and oxygen atoms in total. The number of fused-ring (bicyclic) bond motifs is 1. The van der Waals surface area contributed by atoms with E-state index in [1.165, 1.54) is 6.92 Å². The molecule has 0 spiro atoms. The van der Waals surface area contributed by atoms with Gasteiger partial charge in [-0.25, -0.2) is 0 Å². The van der Waals surface area contributed by atoms with Crippen LogP contribution in [0.25, 0.3) is 10.9 Å². The van der Waals surface area contributed by atoms with Crippen LogP contribution >= 0.6 is 0 Å². The van der Waals surface area contributed by atoms with Crippen LogP contribution in [0.2, 0.25) is 0 Å². The second kappa shape index (κ2) is 4.29. The highest BCUT2D eigenvalue weighted by Crippen LogP contribution is 2.26. The molecule has 2 aromatic rings. The lowest BCUT2D eigenvalue weighted by Crippen LogP contribution is -2.08. The highest BCUT2D eigenvalue weighted by Gasteiger charge is 2.15. The summed E-state index contributed by atoms with van der Waals surface area (Å²) in [5, 5.41) is 9.75. The van der Waals surface area contributed by atoms with Crippen LogP contribution < -0.4 is 0 Å². The van der Waals surface area contributed by atoms with Gasteiger partial charge in [-0.15, -0.1) is 0 Å². The number of Topliss-reactive ketones (excluding diaryl/α,β-unsaturated/α-hetero) is 1. The van der Waals surface area contributed by atoms with Gasteiger partial charge < -0.3 is 9.67 Å². The van der Waals surface area contributed by atoms with Crippen LogP contribution in [0.1, 0.15) is 28.4 Å². The summed E-state index contributed by atoms with van der Waals surface area (Å²) in [5.41, 5.74) is 3.46. The minimum absolute atomic E-state index is 0.0471. The first-order valence-electron chi connectivity index (χ1n) is 5.73. The molecule has 0 aliphatic heterocycles. The van der Waals surface area contributed by atoms with Gasteiger partial charge in [0, 0.05) is 17.1 Å². The van der Waals surface area contributed by atoms with Crippen molar-refractivity contribution in [3.63, 3.8) is 0 Å². The van der Waals surface area contributed by atoms with Gasteiger partial charge in [-0.1, -0.05) is 11.6 Å². The summed E-state index contributed by atoms with van der Waals surface area (Å²) in [5.74, 6) is -0.962. The molecule has 0 aliphatic carbocycles. The lowest BCUT2D eigenvalue weighted by Gasteiger charge is -2.05. The molecule has 0 atom stereocenters. The average molecular weight is 245 g/mol. The van der Waals surface area contributed by atoms with E-state index in [1.54, 1.807) is 10.8 Å². The quantitative estimate of drug-likeness (QED) is 0.845. The van der Waals surface area contributed by atoms with E-state index in [9.17, 15) is 9.59 Å². The topological polar surface area (TPSA) is 59.3 Å². The molecule has 0 aliphatic rings. The summed E-state index contributed by atoms with van der Waals surface area (Å²) in [6, 6.07) is 3.92. The molecule has 1 aromatic carbocycles. The molecule has 0 unspecified atom stereocenters. The largest absolute Gasteiger partial charge is 0.480 e. The Balaban J connectivity index is 2.80. The van der Waals surface area contributed by atoms with Crippen LogP contribution in [0.4, 0.5) is 0 Å². The van der Waals surface area contributed by atoms with Gasteiger partial charge in [0.1, 0.15) is 6.54 Å². The predicted molar refractivity (Wildman–Crippen MR) is 69.1 cm³/mol. The summed E-state index contributed by atoms with van der Waals surface area (Å²) in [7, 11) is 0. The second-order valence-corrected chi connectivity index (χ2v) is 4.60. The molecule has 18 heavy (non-hydrogen) atoms. The predicted octanol–water partition coefficient (Wildman–Crippen LogP) is 2.55. The van der Waals surface area contributed by atoms with Crippen LogP contribution in [-0.4, -0.2) is 21.4 Å². The number of nitrogens with zero attached hydrogens (tertiary/aromatic N) is 1. The van der Waals surface area contributed by atoms with Crippen molar-refractivity contribution >= 4 is 22.7 Å². The Labute approximate surface area is 105 Å². The molecular formula is C14H15NO3. The summed E-state index contributed by atoms with van der Waals surface area (Å²) in [6.45, 7) is 5.26. The molecule has 0 saturated heterocycles. The molecular weight excluding hydrogens is 230 g/mol. The highest BCUT2D eigenvalue weighted by atomic mass is 16.4. The minimum Gasteiger partial charge on any atom is -0.480 e. The number of carbonyl (C=O) groups is 2. The van der Waals surface area contributed by atoms with Gasteiger partial charge in [0.05, 0.1) is 5.52 Å². The fourth-order valence-corrected chi connectivity index (χ4v) is 2.39. The van der Waals surface area contributed by atoms with Crippen molar-refractivity contribution in [3.05, 3.63) is 35.0 Å². The fraction of sp³-hybridized carbons (Fsp3) is 0.286. The first kappa shape index (κ1) is 12.4. The Kier molecular flexibility index (Phi) is 2.95. The van der Waals surface area contributed by atoms with Gasteiger partial charge in [-0.05, 0) is 32.4 Å². The van der Waals surface area contributed by atoms with Crippen LogP contribution in [0.15, 0.2) is 18.3 Å². The van der Waals surface area contributed by atoms with E-state index < -0.39 is 5.97 Å². The molecule has 0 bridgehead atoms. The number of rotatable bonds is 3. The summed E-state index contributed by atoms with van der Waals surface area (Å²) in [4.78, 5) is 22.5. The second-order valence-electron chi connectivity index (χ2n) is 4.60. The van der Waals surface area contributed by atoms with Gasteiger partial charge in [0.15, 0.2) is 5.78 Å². The molecule has 0 radical (unpaired) electrons. The SMILES string of the molecule is CC(=O)c1cn(CC(=O)O)c2c(C)cc(C)cc12. The lowest BCUT2D eigenvalue weighted by molar-refractivity contribution is -0.137. The maximum absolute atomic E-state index is 11.6. The number of aliphatic carboxylic acids is 1. The number of hydrogen-bond donors (Lipinski definition) is 1. The Hall–Kier alpha value is -2.10. The molecule has 4 heteroatoms. The van der Waals surface area contributed by atoms with Crippen molar-refractivity contribution in [1.82, 2.24) is 4.57 Å². The Morgan fingerprint density at radius 2 is 1.94 bits per heavy atom.